The minimum atomic E-state index is -0.163. The fourth-order valence-corrected chi connectivity index (χ4v) is 5.29. The van der Waals surface area contributed by atoms with E-state index in [1.54, 1.807) is 16.6 Å². The molecule has 0 bridgehead atoms. The second kappa shape index (κ2) is 9.41. The molecule has 168 valence electrons. The summed E-state index contributed by atoms with van der Waals surface area (Å²) in [4.78, 5) is 17.7. The number of piperidine rings is 1. The summed E-state index contributed by atoms with van der Waals surface area (Å²) in [5.41, 5.74) is 2.73. The van der Waals surface area contributed by atoms with Gasteiger partial charge in [0.05, 0.1) is 5.52 Å². The van der Waals surface area contributed by atoms with Gasteiger partial charge in [0.15, 0.2) is 5.69 Å². The number of fused-ring (bicyclic) bond motifs is 1. The summed E-state index contributed by atoms with van der Waals surface area (Å²) in [5, 5.41) is 4.48. The molecule has 2 saturated heterocycles. The van der Waals surface area contributed by atoms with Crippen molar-refractivity contribution in [3.05, 3.63) is 71.8 Å². The molecule has 1 amide bonds. The Morgan fingerprint density at radius 2 is 1.84 bits per heavy atom. The number of rotatable bonds is 6. The third kappa shape index (κ3) is 4.70. The van der Waals surface area contributed by atoms with Gasteiger partial charge in [-0.3, -0.25) is 4.79 Å². The minimum absolute atomic E-state index is 0.0641. The molecule has 5 rings (SSSR count). The van der Waals surface area contributed by atoms with Gasteiger partial charge in [-0.15, -0.1) is 0 Å². The van der Waals surface area contributed by atoms with Gasteiger partial charge in [0.2, 0.25) is 0 Å². The van der Waals surface area contributed by atoms with Gasteiger partial charge in [-0.25, -0.2) is 8.91 Å². The van der Waals surface area contributed by atoms with E-state index < -0.39 is 0 Å². The smallest absolute Gasteiger partial charge is 0.274 e. The summed E-state index contributed by atoms with van der Waals surface area (Å²) in [6, 6.07) is 15.0. The van der Waals surface area contributed by atoms with Crippen LogP contribution in [-0.4, -0.2) is 57.5 Å². The Kier molecular flexibility index (Phi) is 6.21. The number of hydrogen-bond acceptors (Lipinski definition) is 3. The Morgan fingerprint density at radius 3 is 2.62 bits per heavy atom. The van der Waals surface area contributed by atoms with Crippen molar-refractivity contribution in [2.24, 2.45) is 5.92 Å². The fraction of sp³-hybridized carbons (Fsp3) is 0.462. The number of carbonyl (C=O) groups excluding carboxylic acids is 1. The summed E-state index contributed by atoms with van der Waals surface area (Å²) < 4.78 is 14.9. The van der Waals surface area contributed by atoms with E-state index in [0.29, 0.717) is 17.7 Å². The number of amides is 1. The zero-order chi connectivity index (χ0) is 21.9. The van der Waals surface area contributed by atoms with Gasteiger partial charge in [0.25, 0.3) is 5.91 Å². The maximum absolute atomic E-state index is 13.1. The van der Waals surface area contributed by atoms with Crippen molar-refractivity contribution in [3.63, 3.8) is 0 Å². The largest absolute Gasteiger partial charge is 0.334 e. The molecular formula is C26H31FN4O. The van der Waals surface area contributed by atoms with Gasteiger partial charge in [0.1, 0.15) is 5.82 Å². The molecule has 4 heterocycles. The molecule has 1 unspecified atom stereocenters. The highest BCUT2D eigenvalue weighted by Crippen LogP contribution is 2.25. The quantitative estimate of drug-likeness (QED) is 0.577. The number of hydrogen-bond donors (Lipinski definition) is 0. The van der Waals surface area contributed by atoms with Crippen LogP contribution in [0.2, 0.25) is 0 Å². The van der Waals surface area contributed by atoms with Crippen LogP contribution in [0.4, 0.5) is 4.39 Å². The first-order valence-corrected chi connectivity index (χ1v) is 11.9. The van der Waals surface area contributed by atoms with Gasteiger partial charge in [-0.05, 0) is 93.4 Å². The maximum Gasteiger partial charge on any atom is 0.274 e. The normalized spacial score (nSPS) is 20.3. The van der Waals surface area contributed by atoms with E-state index in [4.69, 9.17) is 0 Å². The molecule has 2 aliphatic heterocycles. The first-order valence-electron chi connectivity index (χ1n) is 11.9. The summed E-state index contributed by atoms with van der Waals surface area (Å²) >= 11 is 0. The molecule has 2 aromatic heterocycles. The fourth-order valence-electron chi connectivity index (χ4n) is 5.29. The highest BCUT2D eigenvalue weighted by atomic mass is 19.1. The summed E-state index contributed by atoms with van der Waals surface area (Å²) in [7, 11) is 0. The molecule has 5 nitrogen and oxygen atoms in total. The second-order valence-corrected chi connectivity index (χ2v) is 9.30. The van der Waals surface area contributed by atoms with E-state index in [1.165, 1.54) is 18.4 Å². The van der Waals surface area contributed by atoms with Gasteiger partial charge in [-0.2, -0.15) is 5.10 Å². The van der Waals surface area contributed by atoms with Crippen LogP contribution in [0.3, 0.4) is 0 Å². The molecule has 0 N–H and O–H groups in total. The summed E-state index contributed by atoms with van der Waals surface area (Å²) in [6.45, 7) is 4.10. The molecule has 2 aliphatic rings. The number of nitrogens with zero attached hydrogens (tertiary/aromatic N) is 4. The Morgan fingerprint density at radius 1 is 1.03 bits per heavy atom. The average Bonchev–Trinajstić information content (AvgIpc) is 3.47. The van der Waals surface area contributed by atoms with Crippen molar-refractivity contribution in [2.45, 2.75) is 44.6 Å². The van der Waals surface area contributed by atoms with Crippen LogP contribution >= 0.6 is 0 Å². The highest BCUT2D eigenvalue weighted by molar-refractivity contribution is 5.94. The lowest BCUT2D eigenvalue weighted by Gasteiger charge is -2.33. The van der Waals surface area contributed by atoms with Crippen molar-refractivity contribution in [1.82, 2.24) is 19.4 Å². The molecule has 0 radical (unpaired) electrons. The minimum Gasteiger partial charge on any atom is -0.334 e. The van der Waals surface area contributed by atoms with Crippen LogP contribution in [0.15, 0.2) is 54.7 Å². The van der Waals surface area contributed by atoms with Gasteiger partial charge in [-0.1, -0.05) is 18.2 Å². The molecular weight excluding hydrogens is 403 g/mol. The number of pyridine rings is 1. The Hall–Kier alpha value is -2.73. The van der Waals surface area contributed by atoms with Crippen molar-refractivity contribution in [1.29, 1.82) is 0 Å². The van der Waals surface area contributed by atoms with Crippen LogP contribution in [0.1, 0.15) is 48.2 Å². The molecule has 0 saturated carbocycles. The molecule has 3 aromatic rings. The first-order chi connectivity index (χ1) is 15.7. The lowest BCUT2D eigenvalue weighted by molar-refractivity contribution is 0.0709. The van der Waals surface area contributed by atoms with Crippen LogP contribution in [0.25, 0.3) is 5.52 Å². The highest BCUT2D eigenvalue weighted by Gasteiger charge is 2.31. The van der Waals surface area contributed by atoms with Crippen LogP contribution in [0.5, 0.6) is 0 Å². The number of aromatic nitrogens is 2. The molecule has 0 aliphatic carbocycles. The lowest BCUT2D eigenvalue weighted by Crippen LogP contribution is -2.40. The molecule has 1 aromatic carbocycles. The molecule has 6 heteroatoms. The van der Waals surface area contributed by atoms with Gasteiger partial charge < -0.3 is 9.80 Å². The monoisotopic (exact) mass is 434 g/mol. The predicted molar refractivity (Wildman–Crippen MR) is 123 cm³/mol. The number of likely N-dealkylation sites (tertiary alicyclic amines) is 2. The zero-order valence-corrected chi connectivity index (χ0v) is 18.5. The first kappa shape index (κ1) is 21.1. The van der Waals surface area contributed by atoms with E-state index >= 15 is 0 Å². The van der Waals surface area contributed by atoms with E-state index in [-0.39, 0.29) is 11.7 Å². The number of halogens is 1. The van der Waals surface area contributed by atoms with Gasteiger partial charge in [0, 0.05) is 25.3 Å². The molecule has 2 fully saturated rings. The van der Waals surface area contributed by atoms with E-state index in [1.807, 2.05) is 47.5 Å². The molecule has 32 heavy (non-hydrogen) atoms. The SMILES string of the molecule is O=C(c1cc2ccccn2n1)N1CCCC1CCN1CCC(Cc2ccc(F)cc2)CC1. The number of benzene rings is 1. The van der Waals surface area contributed by atoms with Crippen molar-refractivity contribution in [2.75, 3.05) is 26.2 Å². The Labute approximate surface area is 188 Å². The Balaban J connectivity index is 1.11. The molecule has 0 spiro atoms. The number of carbonyl (C=O) groups is 1. The standard InChI is InChI=1S/C26H31FN4O/c27-22-8-6-20(7-9-22)18-21-10-15-29(16-11-21)17-12-23-5-3-13-30(23)26(32)25-19-24-4-1-2-14-31(24)28-25/h1-2,4,6-9,14,19,21,23H,3,5,10-13,15-18H2. The van der Waals surface area contributed by atoms with Crippen molar-refractivity contribution < 1.29 is 9.18 Å². The van der Waals surface area contributed by atoms with E-state index in [0.717, 1.165) is 57.4 Å². The average molecular weight is 435 g/mol. The van der Waals surface area contributed by atoms with Crippen LogP contribution < -0.4 is 0 Å². The van der Waals surface area contributed by atoms with E-state index in [2.05, 4.69) is 10.00 Å². The lowest BCUT2D eigenvalue weighted by atomic mass is 9.90. The third-order valence-corrected chi connectivity index (χ3v) is 7.15. The topological polar surface area (TPSA) is 40.9 Å². The Bertz CT molecular complexity index is 1020. The van der Waals surface area contributed by atoms with Gasteiger partial charge >= 0.3 is 0 Å². The summed E-state index contributed by atoms with van der Waals surface area (Å²) in [6.07, 6.45) is 8.48. The second-order valence-electron chi connectivity index (χ2n) is 9.30. The van der Waals surface area contributed by atoms with Crippen molar-refractivity contribution >= 4 is 11.4 Å². The maximum atomic E-state index is 13.1. The van der Waals surface area contributed by atoms with Crippen LogP contribution in [0, 0.1) is 11.7 Å². The third-order valence-electron chi connectivity index (χ3n) is 7.15. The summed E-state index contributed by atoms with van der Waals surface area (Å²) in [5.74, 6) is 0.578. The van der Waals surface area contributed by atoms with Crippen molar-refractivity contribution in [3.8, 4) is 0 Å². The van der Waals surface area contributed by atoms with Crippen LogP contribution in [-0.2, 0) is 6.42 Å². The molecule has 1 atom stereocenters. The zero-order valence-electron chi connectivity index (χ0n) is 18.5. The predicted octanol–water partition coefficient (Wildman–Crippen LogP) is 4.42. The van der Waals surface area contributed by atoms with E-state index in [9.17, 15) is 9.18 Å².